The molecule has 4 aliphatic carbocycles. The van der Waals surface area contributed by atoms with Gasteiger partial charge in [0.15, 0.2) is 0 Å². The van der Waals surface area contributed by atoms with Crippen LogP contribution in [0.3, 0.4) is 0 Å². The number of hydrogen-bond acceptors (Lipinski definition) is 2. The summed E-state index contributed by atoms with van der Waals surface area (Å²) in [5.41, 5.74) is 1.15. The van der Waals surface area contributed by atoms with Crippen molar-refractivity contribution in [3.05, 3.63) is 0 Å². The highest BCUT2D eigenvalue weighted by Crippen LogP contribution is 2.68. The van der Waals surface area contributed by atoms with Gasteiger partial charge < -0.3 is 5.11 Å². The van der Waals surface area contributed by atoms with E-state index in [0.29, 0.717) is 10.8 Å². The van der Waals surface area contributed by atoms with Gasteiger partial charge in [-0.1, -0.05) is 40.5 Å². The van der Waals surface area contributed by atoms with E-state index in [0.717, 1.165) is 36.0 Å². The minimum absolute atomic E-state index is 0.0131. The highest BCUT2D eigenvalue weighted by atomic mass is 32.1. The third kappa shape index (κ3) is 3.88. The summed E-state index contributed by atoms with van der Waals surface area (Å²) < 4.78 is 0. The highest BCUT2D eigenvalue weighted by molar-refractivity contribution is 7.81. The van der Waals surface area contributed by atoms with Gasteiger partial charge in [0, 0.05) is 5.25 Å². The van der Waals surface area contributed by atoms with Crippen LogP contribution in [0.25, 0.3) is 0 Å². The normalized spacial score (nSPS) is 44.6. The Morgan fingerprint density at radius 2 is 1.73 bits per heavy atom. The number of thiol groups is 1. The van der Waals surface area contributed by atoms with Gasteiger partial charge in [-0.05, 0) is 110 Å². The van der Waals surface area contributed by atoms with Crippen LogP contribution < -0.4 is 0 Å². The number of rotatable bonds is 6. The van der Waals surface area contributed by atoms with E-state index in [9.17, 15) is 9.90 Å². The molecule has 30 heavy (non-hydrogen) atoms. The second-order valence-electron chi connectivity index (χ2n) is 12.9. The molecule has 4 rings (SSSR count). The number of carboxylic acids is 1. The zero-order chi connectivity index (χ0) is 21.7. The number of fused-ring (bicyclic) bond motifs is 5. The Hall–Kier alpha value is -0.180. The summed E-state index contributed by atoms with van der Waals surface area (Å²) in [4.78, 5) is 11.2. The van der Waals surface area contributed by atoms with Crippen molar-refractivity contribution in [2.24, 2.45) is 45.8 Å². The Balaban J connectivity index is 1.43. The Kier molecular flexibility index (Phi) is 6.37. The van der Waals surface area contributed by atoms with Crippen molar-refractivity contribution in [1.29, 1.82) is 0 Å². The van der Waals surface area contributed by atoms with Crippen LogP contribution >= 0.6 is 12.6 Å². The molecule has 0 saturated heterocycles. The Morgan fingerprint density at radius 1 is 1.00 bits per heavy atom. The monoisotopic (exact) mass is 434 g/mol. The van der Waals surface area contributed by atoms with Crippen LogP contribution in [-0.4, -0.2) is 16.3 Å². The Bertz CT molecular complexity index is 645. The summed E-state index contributed by atoms with van der Waals surface area (Å²) in [7, 11) is 0. The van der Waals surface area contributed by atoms with Crippen LogP contribution in [0.15, 0.2) is 0 Å². The van der Waals surface area contributed by atoms with Gasteiger partial charge in [0.1, 0.15) is 0 Å². The van der Waals surface area contributed by atoms with Crippen LogP contribution in [0.4, 0.5) is 0 Å². The molecule has 4 fully saturated rings. The van der Waals surface area contributed by atoms with Crippen molar-refractivity contribution in [3.8, 4) is 0 Å². The lowest BCUT2D eigenvalue weighted by molar-refractivity contribution is -0.137. The van der Waals surface area contributed by atoms with Crippen LogP contribution in [-0.2, 0) is 4.79 Å². The van der Waals surface area contributed by atoms with E-state index in [1.165, 1.54) is 70.6 Å². The average Bonchev–Trinajstić information content (AvgIpc) is 3.02. The molecule has 0 bridgehead atoms. The molecule has 0 radical (unpaired) electrons. The molecule has 0 aromatic heterocycles. The van der Waals surface area contributed by atoms with Gasteiger partial charge in [0.2, 0.25) is 0 Å². The molecule has 8 unspecified atom stereocenters. The smallest absolute Gasteiger partial charge is 0.304 e. The van der Waals surface area contributed by atoms with Crippen molar-refractivity contribution < 1.29 is 9.90 Å². The van der Waals surface area contributed by atoms with Gasteiger partial charge in [-0.15, -0.1) is 0 Å². The summed E-state index contributed by atoms with van der Waals surface area (Å²) in [6.07, 6.45) is 17.2. The van der Waals surface area contributed by atoms with E-state index in [1.807, 2.05) is 0 Å². The molecule has 4 saturated carbocycles. The molecular formula is C27H46O2S. The van der Waals surface area contributed by atoms with E-state index in [4.69, 9.17) is 0 Å². The molecule has 0 aromatic carbocycles. The lowest BCUT2D eigenvalue weighted by atomic mass is 9.45. The average molecular weight is 435 g/mol. The molecule has 0 heterocycles. The van der Waals surface area contributed by atoms with E-state index in [-0.39, 0.29) is 17.1 Å². The van der Waals surface area contributed by atoms with Crippen molar-refractivity contribution in [2.45, 2.75) is 116 Å². The van der Waals surface area contributed by atoms with Gasteiger partial charge in [0.05, 0.1) is 6.42 Å². The summed E-state index contributed by atoms with van der Waals surface area (Å²) in [5, 5.41) is 9.13. The van der Waals surface area contributed by atoms with E-state index < -0.39 is 5.97 Å². The number of hydrogen-bond donors (Lipinski definition) is 2. The maximum atomic E-state index is 11.2. The first-order valence-corrected chi connectivity index (χ1v) is 13.5. The molecule has 4 aliphatic rings. The van der Waals surface area contributed by atoms with Crippen molar-refractivity contribution in [2.75, 3.05) is 0 Å². The van der Waals surface area contributed by atoms with Gasteiger partial charge in [-0.3, -0.25) is 4.79 Å². The predicted octanol–water partition coefficient (Wildman–Crippen LogP) is 7.61. The third-order valence-corrected chi connectivity index (χ3v) is 12.1. The topological polar surface area (TPSA) is 37.3 Å². The van der Waals surface area contributed by atoms with Gasteiger partial charge in [-0.25, -0.2) is 0 Å². The second-order valence-corrected chi connectivity index (χ2v) is 13.5. The Labute approximate surface area is 190 Å². The minimum Gasteiger partial charge on any atom is -0.481 e. The summed E-state index contributed by atoms with van der Waals surface area (Å²) in [6.45, 7) is 9.78. The lowest BCUT2D eigenvalue weighted by Crippen LogP contribution is -2.52. The quantitative estimate of drug-likeness (QED) is 0.422. The summed E-state index contributed by atoms with van der Waals surface area (Å²) in [6, 6.07) is 0. The van der Waals surface area contributed by atoms with Crippen LogP contribution in [0.5, 0.6) is 0 Å². The molecule has 0 amide bonds. The largest absolute Gasteiger partial charge is 0.481 e. The fraction of sp³-hybridized carbons (Fsp3) is 0.963. The van der Waals surface area contributed by atoms with Gasteiger partial charge in [-0.2, -0.15) is 12.6 Å². The van der Waals surface area contributed by atoms with E-state index in [1.54, 1.807) is 0 Å². The SMILES string of the molecule is CC(C)(CCC1CCC2C3CCC4CCCCC4(C)C3CCC12C)C(S)CC(=O)O. The lowest BCUT2D eigenvalue weighted by Gasteiger charge is -2.60. The molecule has 0 spiro atoms. The fourth-order valence-electron chi connectivity index (χ4n) is 9.03. The maximum absolute atomic E-state index is 11.2. The van der Waals surface area contributed by atoms with E-state index in [2.05, 4.69) is 40.3 Å². The third-order valence-electron chi connectivity index (χ3n) is 11.2. The van der Waals surface area contributed by atoms with Gasteiger partial charge >= 0.3 is 5.97 Å². The van der Waals surface area contributed by atoms with E-state index >= 15 is 0 Å². The van der Waals surface area contributed by atoms with Crippen molar-refractivity contribution >= 4 is 18.6 Å². The first-order chi connectivity index (χ1) is 14.1. The van der Waals surface area contributed by atoms with Gasteiger partial charge in [0.25, 0.3) is 0 Å². The fourth-order valence-corrected chi connectivity index (χ4v) is 9.32. The minimum atomic E-state index is -0.721. The molecular weight excluding hydrogens is 388 g/mol. The molecule has 2 nitrogen and oxygen atoms in total. The molecule has 0 aromatic rings. The first kappa shape index (κ1) is 23.0. The number of aliphatic carboxylic acids is 1. The summed E-state index contributed by atoms with van der Waals surface area (Å²) >= 11 is 4.67. The second kappa shape index (κ2) is 8.31. The molecule has 172 valence electrons. The number of carbonyl (C=O) groups is 1. The standard InChI is InChI=1S/C27H46O2S/c1-25(2,23(30)17-24(28)29)15-12-19-9-11-21-20-10-8-18-7-5-6-14-26(18,3)22(20)13-16-27(19,21)4/h18-23,30H,5-17H2,1-4H3,(H,28,29). The maximum Gasteiger partial charge on any atom is 0.304 e. The molecule has 1 N–H and O–H groups in total. The van der Waals surface area contributed by atoms with Crippen molar-refractivity contribution in [1.82, 2.24) is 0 Å². The van der Waals surface area contributed by atoms with Crippen molar-refractivity contribution in [3.63, 3.8) is 0 Å². The number of carboxylic acid groups (broad SMARTS) is 1. The predicted molar refractivity (Wildman–Crippen MR) is 128 cm³/mol. The Morgan fingerprint density at radius 3 is 2.47 bits per heavy atom. The highest BCUT2D eigenvalue weighted by Gasteiger charge is 2.59. The zero-order valence-corrected chi connectivity index (χ0v) is 20.9. The van der Waals surface area contributed by atoms with Crippen LogP contribution in [0.1, 0.15) is 111 Å². The molecule has 0 aliphatic heterocycles. The van der Waals surface area contributed by atoms with Crippen LogP contribution in [0, 0.1) is 45.8 Å². The van der Waals surface area contributed by atoms with Crippen LogP contribution in [0.2, 0.25) is 0 Å². The molecule has 8 atom stereocenters. The first-order valence-electron chi connectivity index (χ1n) is 13.0. The zero-order valence-electron chi connectivity index (χ0n) is 20.0. The summed E-state index contributed by atoms with van der Waals surface area (Å²) in [5.74, 6) is 4.02. The molecule has 3 heteroatoms.